The van der Waals surface area contributed by atoms with Gasteiger partial charge in [-0.2, -0.15) is 0 Å². The van der Waals surface area contributed by atoms with E-state index < -0.39 is 0 Å². The number of hydrogen-bond donors (Lipinski definition) is 1. The molecule has 3 rings (SSSR count). The van der Waals surface area contributed by atoms with Crippen LogP contribution in [0.4, 0.5) is 5.69 Å². The molecule has 0 aliphatic carbocycles. The van der Waals surface area contributed by atoms with Crippen molar-refractivity contribution in [2.75, 3.05) is 24.2 Å². The predicted octanol–water partition coefficient (Wildman–Crippen LogP) is 4.51. The monoisotopic (exact) mass is 408 g/mol. The van der Waals surface area contributed by atoms with Crippen molar-refractivity contribution in [2.45, 2.75) is 18.6 Å². The number of anilines is 1. The minimum absolute atomic E-state index is 0.0276. The van der Waals surface area contributed by atoms with E-state index in [1.54, 1.807) is 23.1 Å². The summed E-state index contributed by atoms with van der Waals surface area (Å²) in [7, 11) is 0. The molecule has 7 heteroatoms. The molecule has 0 saturated carbocycles. The van der Waals surface area contributed by atoms with Gasteiger partial charge < -0.3 is 10.2 Å². The number of thiophene rings is 1. The molecule has 0 spiro atoms. The Morgan fingerprint density at radius 3 is 2.54 bits per heavy atom. The van der Waals surface area contributed by atoms with Crippen LogP contribution in [0.5, 0.6) is 0 Å². The number of benzene rings is 1. The van der Waals surface area contributed by atoms with Gasteiger partial charge in [0.1, 0.15) is 0 Å². The molecule has 2 amide bonds. The highest BCUT2D eigenvalue weighted by molar-refractivity contribution is 7.99. The van der Waals surface area contributed by atoms with Gasteiger partial charge in [0.25, 0.3) is 0 Å². The van der Waals surface area contributed by atoms with Gasteiger partial charge in [-0.25, -0.2) is 0 Å². The third kappa shape index (κ3) is 5.50. The Morgan fingerprint density at radius 1 is 1.15 bits per heavy atom. The lowest BCUT2D eigenvalue weighted by Crippen LogP contribution is -2.42. The van der Waals surface area contributed by atoms with Crippen molar-refractivity contribution in [3.8, 4) is 0 Å². The highest BCUT2D eigenvalue weighted by Crippen LogP contribution is 2.26. The number of piperidine rings is 1. The summed E-state index contributed by atoms with van der Waals surface area (Å²) < 4.78 is 0.780. The number of hydrogen-bond acceptors (Lipinski definition) is 4. The van der Waals surface area contributed by atoms with Crippen LogP contribution >= 0.6 is 34.7 Å². The van der Waals surface area contributed by atoms with E-state index in [0.29, 0.717) is 18.8 Å². The molecule has 1 aliphatic heterocycles. The first-order valence-electron chi connectivity index (χ1n) is 8.57. The van der Waals surface area contributed by atoms with Crippen molar-refractivity contribution < 1.29 is 9.59 Å². The number of nitrogens with zero attached hydrogens (tertiary/aromatic N) is 1. The van der Waals surface area contributed by atoms with Crippen molar-refractivity contribution >= 4 is 52.2 Å². The molecular formula is C19H21ClN2O2S2. The molecule has 4 nitrogen and oxygen atoms in total. The first kappa shape index (κ1) is 19.3. The van der Waals surface area contributed by atoms with Gasteiger partial charge in [-0.15, -0.1) is 23.1 Å². The van der Waals surface area contributed by atoms with Crippen molar-refractivity contribution in [1.29, 1.82) is 0 Å². The van der Waals surface area contributed by atoms with Gasteiger partial charge in [0.05, 0.1) is 10.1 Å². The normalized spacial score (nSPS) is 15.0. The number of nitrogens with one attached hydrogen (secondary N) is 1. The third-order valence-corrected chi connectivity index (χ3v) is 6.74. The lowest BCUT2D eigenvalue weighted by molar-refractivity contribution is -0.132. The van der Waals surface area contributed by atoms with E-state index in [1.807, 2.05) is 47.4 Å². The van der Waals surface area contributed by atoms with Crippen LogP contribution in [0.1, 0.15) is 17.7 Å². The van der Waals surface area contributed by atoms with E-state index in [-0.39, 0.29) is 17.7 Å². The van der Waals surface area contributed by atoms with Crippen molar-refractivity contribution in [3.63, 3.8) is 0 Å². The summed E-state index contributed by atoms with van der Waals surface area (Å²) in [5.74, 6) is 1.45. The molecule has 0 unspecified atom stereocenters. The average Bonchev–Trinajstić information content (AvgIpc) is 3.08. The second-order valence-electron chi connectivity index (χ2n) is 6.21. The Labute approximate surface area is 166 Å². The Hall–Kier alpha value is -1.50. The van der Waals surface area contributed by atoms with Gasteiger partial charge in [0.2, 0.25) is 11.8 Å². The summed E-state index contributed by atoms with van der Waals surface area (Å²) in [6.45, 7) is 1.30. The Kier molecular flexibility index (Phi) is 7.00. The van der Waals surface area contributed by atoms with Gasteiger partial charge in [0, 0.05) is 35.3 Å². The zero-order valence-corrected chi connectivity index (χ0v) is 16.7. The van der Waals surface area contributed by atoms with Crippen LogP contribution in [-0.2, 0) is 15.3 Å². The first-order chi connectivity index (χ1) is 12.6. The molecular weight excluding hydrogens is 388 g/mol. The Morgan fingerprint density at radius 2 is 1.88 bits per heavy atom. The minimum atomic E-state index is -0.0276. The average molecular weight is 409 g/mol. The summed E-state index contributed by atoms with van der Waals surface area (Å²) in [4.78, 5) is 27.7. The molecule has 1 aromatic heterocycles. The second-order valence-corrected chi connectivity index (χ2v) is 8.99. The van der Waals surface area contributed by atoms with E-state index in [2.05, 4.69) is 5.32 Å². The standard InChI is InChI=1S/C19H21ClN2O2S2/c20-17-7-6-16(26-17)12-25-13-18(23)22-10-8-14(9-11-22)19(24)21-15-4-2-1-3-5-15/h1-7,14H,8-13H2,(H,21,24). The molecule has 1 saturated heterocycles. The maximum atomic E-state index is 12.3. The summed E-state index contributed by atoms with van der Waals surface area (Å²) >= 11 is 9.08. The smallest absolute Gasteiger partial charge is 0.232 e. The number of likely N-dealkylation sites (tertiary alicyclic amines) is 1. The van der Waals surface area contributed by atoms with Crippen LogP contribution in [0.3, 0.4) is 0 Å². The van der Waals surface area contributed by atoms with Gasteiger partial charge >= 0.3 is 0 Å². The number of halogens is 1. The molecule has 0 atom stereocenters. The molecule has 2 aromatic rings. The van der Waals surface area contributed by atoms with Gasteiger partial charge in [-0.1, -0.05) is 29.8 Å². The van der Waals surface area contributed by atoms with Crippen LogP contribution in [0.2, 0.25) is 4.34 Å². The minimum Gasteiger partial charge on any atom is -0.342 e. The molecule has 1 fully saturated rings. The zero-order chi connectivity index (χ0) is 18.4. The van der Waals surface area contributed by atoms with Crippen LogP contribution in [0.25, 0.3) is 0 Å². The number of thioether (sulfide) groups is 1. The van der Waals surface area contributed by atoms with Crippen LogP contribution < -0.4 is 5.32 Å². The maximum Gasteiger partial charge on any atom is 0.232 e. The zero-order valence-electron chi connectivity index (χ0n) is 14.3. The van der Waals surface area contributed by atoms with Crippen molar-refractivity contribution in [3.05, 3.63) is 51.7 Å². The fraction of sp³-hybridized carbons (Fsp3) is 0.368. The van der Waals surface area contributed by atoms with Crippen molar-refractivity contribution in [1.82, 2.24) is 4.90 Å². The van der Waals surface area contributed by atoms with Gasteiger partial charge in [-0.05, 0) is 37.1 Å². The van der Waals surface area contributed by atoms with Crippen LogP contribution in [-0.4, -0.2) is 35.6 Å². The number of para-hydroxylation sites is 1. The topological polar surface area (TPSA) is 49.4 Å². The summed E-state index contributed by atoms with van der Waals surface area (Å²) in [6.07, 6.45) is 1.44. The van der Waals surface area contributed by atoms with E-state index in [4.69, 9.17) is 11.6 Å². The molecule has 1 aromatic carbocycles. The van der Waals surface area contributed by atoms with Gasteiger partial charge in [-0.3, -0.25) is 9.59 Å². The fourth-order valence-corrected chi connectivity index (χ4v) is 5.04. The summed E-state index contributed by atoms with van der Waals surface area (Å²) in [6, 6.07) is 13.4. The molecule has 2 heterocycles. The lowest BCUT2D eigenvalue weighted by atomic mass is 9.96. The van der Waals surface area contributed by atoms with Crippen molar-refractivity contribution in [2.24, 2.45) is 5.92 Å². The maximum absolute atomic E-state index is 12.3. The molecule has 0 bridgehead atoms. The van der Waals surface area contributed by atoms with E-state index in [9.17, 15) is 9.59 Å². The molecule has 138 valence electrons. The predicted molar refractivity (Wildman–Crippen MR) is 110 cm³/mol. The largest absolute Gasteiger partial charge is 0.342 e. The quantitative estimate of drug-likeness (QED) is 0.764. The highest BCUT2D eigenvalue weighted by Gasteiger charge is 2.27. The second kappa shape index (κ2) is 9.44. The fourth-order valence-electron chi connectivity index (χ4n) is 2.92. The number of rotatable bonds is 6. The number of carbonyl (C=O) groups excluding carboxylic acids is 2. The molecule has 1 N–H and O–H groups in total. The number of amides is 2. The SMILES string of the molecule is O=C(Nc1ccccc1)C1CCN(C(=O)CSCc2ccc(Cl)s2)CC1. The van der Waals surface area contributed by atoms with Crippen LogP contribution in [0.15, 0.2) is 42.5 Å². The molecule has 0 radical (unpaired) electrons. The molecule has 1 aliphatic rings. The highest BCUT2D eigenvalue weighted by atomic mass is 35.5. The van der Waals surface area contributed by atoms with E-state index in [1.165, 1.54) is 4.88 Å². The summed E-state index contributed by atoms with van der Waals surface area (Å²) in [5.41, 5.74) is 0.820. The van der Waals surface area contributed by atoms with Crippen LogP contribution in [0, 0.1) is 5.92 Å². The summed E-state index contributed by atoms with van der Waals surface area (Å²) in [5, 5.41) is 2.95. The van der Waals surface area contributed by atoms with E-state index in [0.717, 1.165) is 28.6 Å². The molecule has 26 heavy (non-hydrogen) atoms. The lowest BCUT2D eigenvalue weighted by Gasteiger charge is -2.31. The van der Waals surface area contributed by atoms with Gasteiger partial charge in [0.15, 0.2) is 0 Å². The Bertz CT molecular complexity index is 743. The first-order valence-corrected chi connectivity index (χ1v) is 10.9. The third-order valence-electron chi connectivity index (χ3n) is 4.36. The van der Waals surface area contributed by atoms with E-state index >= 15 is 0 Å². The Balaban J connectivity index is 1.38. The number of carbonyl (C=O) groups is 2.